The summed E-state index contributed by atoms with van der Waals surface area (Å²) in [5.74, 6) is -1.19. The van der Waals surface area contributed by atoms with Gasteiger partial charge in [0.25, 0.3) is 0 Å². The van der Waals surface area contributed by atoms with E-state index in [4.69, 9.17) is 11.6 Å². The van der Waals surface area contributed by atoms with E-state index in [1.54, 1.807) is 0 Å². The number of nitrogens with zero attached hydrogens (tertiary/aromatic N) is 1. The lowest BCUT2D eigenvalue weighted by atomic mass is 10.1. The molecule has 3 rings (SSSR count). The molecule has 0 unspecified atom stereocenters. The Hall–Kier alpha value is -2.38. The number of hydrogen-bond donors (Lipinski definition) is 2. The highest BCUT2D eigenvalue weighted by atomic mass is 35.5. The van der Waals surface area contributed by atoms with Crippen LogP contribution in [-0.2, 0) is 9.59 Å². The van der Waals surface area contributed by atoms with Crippen molar-refractivity contribution in [2.24, 2.45) is 4.99 Å². The molecule has 1 aliphatic heterocycles. The van der Waals surface area contributed by atoms with Crippen LogP contribution in [0.1, 0.15) is 17.5 Å². The van der Waals surface area contributed by atoms with E-state index in [1.165, 1.54) is 30.0 Å². The van der Waals surface area contributed by atoms with Gasteiger partial charge in [0.15, 0.2) is 5.17 Å². The van der Waals surface area contributed by atoms with E-state index in [1.807, 2.05) is 32.0 Å². The summed E-state index contributed by atoms with van der Waals surface area (Å²) in [5, 5.41) is 5.11. The van der Waals surface area contributed by atoms with E-state index in [0.29, 0.717) is 10.9 Å². The Labute approximate surface area is 165 Å². The van der Waals surface area contributed by atoms with Gasteiger partial charge in [0, 0.05) is 12.1 Å². The molecular weight excluding hydrogens is 389 g/mol. The summed E-state index contributed by atoms with van der Waals surface area (Å²) in [6.45, 7) is 4.01. The zero-order chi connectivity index (χ0) is 19.6. The van der Waals surface area contributed by atoms with Gasteiger partial charge in [-0.15, -0.1) is 0 Å². The van der Waals surface area contributed by atoms with Crippen LogP contribution in [0.4, 0.5) is 15.8 Å². The number of benzene rings is 2. The van der Waals surface area contributed by atoms with Crippen LogP contribution in [0.3, 0.4) is 0 Å². The van der Waals surface area contributed by atoms with Crippen molar-refractivity contribution in [1.29, 1.82) is 0 Å². The topological polar surface area (TPSA) is 70.6 Å². The van der Waals surface area contributed by atoms with Crippen molar-refractivity contribution in [3.63, 3.8) is 0 Å². The number of aryl methyl sites for hydroxylation is 2. The first kappa shape index (κ1) is 19.4. The van der Waals surface area contributed by atoms with Crippen molar-refractivity contribution in [2.75, 3.05) is 5.32 Å². The minimum absolute atomic E-state index is 0.0303. The van der Waals surface area contributed by atoms with E-state index in [-0.39, 0.29) is 23.3 Å². The standard InChI is InChI=1S/C19H17ClFN3O2S/c1-10-3-4-12(7-11(10)2)23-19-24-18(26)16(27-19)9-17(25)22-13-5-6-15(21)14(20)8-13/h3-8,16H,9H2,1-2H3,(H,22,25)(H,23,24,26)/t16-/m1/s1. The molecule has 0 spiro atoms. The minimum atomic E-state index is -0.578. The van der Waals surface area contributed by atoms with Gasteiger partial charge in [-0.05, 0) is 55.3 Å². The molecule has 5 nitrogen and oxygen atoms in total. The molecule has 0 radical (unpaired) electrons. The molecule has 1 heterocycles. The zero-order valence-electron chi connectivity index (χ0n) is 14.7. The predicted molar refractivity (Wildman–Crippen MR) is 107 cm³/mol. The van der Waals surface area contributed by atoms with Crippen molar-refractivity contribution < 1.29 is 14.0 Å². The summed E-state index contributed by atoms with van der Waals surface area (Å²) < 4.78 is 13.2. The van der Waals surface area contributed by atoms with Crippen molar-refractivity contribution in [3.8, 4) is 0 Å². The van der Waals surface area contributed by atoms with E-state index < -0.39 is 11.1 Å². The van der Waals surface area contributed by atoms with Crippen LogP contribution in [0.5, 0.6) is 0 Å². The molecule has 1 saturated heterocycles. The van der Waals surface area contributed by atoms with E-state index in [9.17, 15) is 14.0 Å². The molecular formula is C19H17ClFN3O2S. The first-order chi connectivity index (χ1) is 12.8. The van der Waals surface area contributed by atoms with Gasteiger partial charge in [0.2, 0.25) is 11.8 Å². The molecule has 2 aromatic carbocycles. The molecule has 1 fully saturated rings. The molecule has 8 heteroatoms. The molecule has 2 amide bonds. The third kappa shape index (κ3) is 4.87. The number of aliphatic imine (C=N–C) groups is 1. The van der Waals surface area contributed by atoms with Crippen LogP contribution < -0.4 is 10.6 Å². The van der Waals surface area contributed by atoms with Gasteiger partial charge in [-0.25, -0.2) is 9.38 Å². The molecule has 0 saturated carbocycles. The number of amidine groups is 1. The van der Waals surface area contributed by atoms with Crippen molar-refractivity contribution in [2.45, 2.75) is 25.5 Å². The fraction of sp³-hybridized carbons (Fsp3) is 0.211. The second-order valence-corrected chi connectivity index (χ2v) is 7.76. The maximum absolute atomic E-state index is 13.2. The van der Waals surface area contributed by atoms with Crippen LogP contribution in [0.15, 0.2) is 41.4 Å². The molecule has 140 valence electrons. The van der Waals surface area contributed by atoms with Gasteiger partial charge in [-0.3, -0.25) is 9.59 Å². The third-order valence-electron chi connectivity index (χ3n) is 4.07. The Morgan fingerprint density at radius 3 is 2.74 bits per heavy atom. The molecule has 0 bridgehead atoms. The van der Waals surface area contributed by atoms with Crippen LogP contribution in [0.25, 0.3) is 0 Å². The molecule has 2 N–H and O–H groups in total. The van der Waals surface area contributed by atoms with Gasteiger partial charge < -0.3 is 10.6 Å². The largest absolute Gasteiger partial charge is 0.326 e. The number of amides is 2. The Morgan fingerprint density at radius 2 is 2.04 bits per heavy atom. The van der Waals surface area contributed by atoms with Gasteiger partial charge in [-0.2, -0.15) is 0 Å². The van der Waals surface area contributed by atoms with Crippen molar-refractivity contribution >= 4 is 51.7 Å². The van der Waals surface area contributed by atoms with Crippen LogP contribution >= 0.6 is 23.4 Å². The maximum Gasteiger partial charge on any atom is 0.240 e. The number of hydrogen-bond acceptors (Lipinski definition) is 4. The normalized spacial score (nSPS) is 17.9. The number of anilines is 1. The number of rotatable bonds is 4. The summed E-state index contributed by atoms with van der Waals surface area (Å²) >= 11 is 6.91. The van der Waals surface area contributed by atoms with Gasteiger partial charge in [-0.1, -0.05) is 29.4 Å². The average Bonchev–Trinajstić information content (AvgIpc) is 2.93. The zero-order valence-corrected chi connectivity index (χ0v) is 16.2. The van der Waals surface area contributed by atoms with E-state index >= 15 is 0 Å². The Kier molecular flexibility index (Phi) is 5.82. The second kappa shape index (κ2) is 8.10. The lowest BCUT2D eigenvalue weighted by Crippen LogP contribution is -2.28. The number of carbonyl (C=O) groups is 2. The summed E-state index contributed by atoms with van der Waals surface area (Å²) in [7, 11) is 0. The van der Waals surface area contributed by atoms with Gasteiger partial charge >= 0.3 is 0 Å². The smallest absolute Gasteiger partial charge is 0.240 e. The van der Waals surface area contributed by atoms with Crippen molar-refractivity contribution in [3.05, 3.63) is 58.4 Å². The van der Waals surface area contributed by atoms with Crippen LogP contribution in [-0.4, -0.2) is 22.2 Å². The number of halogens is 2. The lowest BCUT2D eigenvalue weighted by Gasteiger charge is -2.08. The Morgan fingerprint density at radius 1 is 1.26 bits per heavy atom. The fourth-order valence-corrected chi connectivity index (χ4v) is 3.63. The molecule has 2 aromatic rings. The fourth-order valence-electron chi connectivity index (χ4n) is 2.46. The SMILES string of the molecule is Cc1ccc(N=C2NC(=O)[C@@H](CC(=O)Nc3ccc(F)c(Cl)c3)S2)cc1C. The van der Waals surface area contributed by atoms with Gasteiger partial charge in [0.1, 0.15) is 11.1 Å². The molecule has 1 aliphatic rings. The first-order valence-electron chi connectivity index (χ1n) is 8.20. The molecule has 0 aliphatic carbocycles. The highest BCUT2D eigenvalue weighted by Gasteiger charge is 2.32. The monoisotopic (exact) mass is 405 g/mol. The Bertz CT molecular complexity index is 949. The first-order valence-corrected chi connectivity index (χ1v) is 9.46. The van der Waals surface area contributed by atoms with Gasteiger partial charge in [0.05, 0.1) is 10.7 Å². The number of nitrogens with one attached hydrogen (secondary N) is 2. The summed E-state index contributed by atoms with van der Waals surface area (Å²) in [6, 6.07) is 9.68. The van der Waals surface area contributed by atoms with Crippen molar-refractivity contribution in [1.82, 2.24) is 5.32 Å². The van der Waals surface area contributed by atoms with Crippen LogP contribution in [0, 0.1) is 19.7 Å². The summed E-state index contributed by atoms with van der Waals surface area (Å²) in [4.78, 5) is 28.7. The van der Waals surface area contributed by atoms with E-state index in [0.717, 1.165) is 16.8 Å². The predicted octanol–water partition coefficient (Wildman–Crippen LogP) is 4.34. The number of thioether (sulfide) groups is 1. The molecule has 27 heavy (non-hydrogen) atoms. The highest BCUT2D eigenvalue weighted by molar-refractivity contribution is 8.15. The lowest BCUT2D eigenvalue weighted by molar-refractivity contribution is -0.122. The maximum atomic E-state index is 13.2. The molecule has 1 atom stereocenters. The highest BCUT2D eigenvalue weighted by Crippen LogP contribution is 2.27. The van der Waals surface area contributed by atoms with E-state index in [2.05, 4.69) is 15.6 Å². The Balaban J connectivity index is 1.63. The minimum Gasteiger partial charge on any atom is -0.326 e. The quantitative estimate of drug-likeness (QED) is 0.794. The van der Waals surface area contributed by atoms with Crippen LogP contribution in [0.2, 0.25) is 5.02 Å². The number of carbonyl (C=O) groups excluding carboxylic acids is 2. The summed E-state index contributed by atoms with van der Waals surface area (Å²) in [5.41, 5.74) is 3.39. The summed E-state index contributed by atoms with van der Waals surface area (Å²) in [6.07, 6.45) is -0.0303. The molecule has 0 aromatic heterocycles. The third-order valence-corrected chi connectivity index (χ3v) is 5.44. The average molecular weight is 406 g/mol. The second-order valence-electron chi connectivity index (χ2n) is 6.16.